The molecule has 0 spiro atoms. The van der Waals surface area contributed by atoms with Crippen LogP contribution in [0, 0.1) is 0 Å². The summed E-state index contributed by atoms with van der Waals surface area (Å²) in [5, 5.41) is 0. The third-order valence-corrected chi connectivity index (χ3v) is 18.0. The lowest BCUT2D eigenvalue weighted by Gasteiger charge is -2.24. The van der Waals surface area contributed by atoms with Crippen molar-refractivity contribution in [3.05, 3.63) is 0 Å². The van der Waals surface area contributed by atoms with Crippen LogP contribution in [0.1, 0.15) is 12.8 Å². The zero-order valence-electron chi connectivity index (χ0n) is 15.7. The first-order valence-corrected chi connectivity index (χ1v) is 18.0. The van der Waals surface area contributed by atoms with Gasteiger partial charge in [-0.1, -0.05) is 21.6 Å². The average molecular weight is 487 g/mol. The predicted octanol–water partition coefficient (Wildman–Crippen LogP) is 4.85. The van der Waals surface area contributed by atoms with Crippen LogP contribution in [0.2, 0.25) is 12.1 Å². The molecule has 0 aliphatic rings. The van der Waals surface area contributed by atoms with Gasteiger partial charge in [0.25, 0.3) is 0 Å². The van der Waals surface area contributed by atoms with Crippen molar-refractivity contribution >= 4 is 68.7 Å². The lowest BCUT2D eigenvalue weighted by atomic mass is 10.6. The molecule has 0 aliphatic heterocycles. The summed E-state index contributed by atoms with van der Waals surface area (Å²) < 4.78 is 32.5. The van der Waals surface area contributed by atoms with E-state index < -0.39 is 17.6 Å². The third kappa shape index (κ3) is 11.5. The average Bonchev–Trinajstić information content (AvgIpc) is 2.67. The number of hydrogen-bond acceptors (Lipinski definition) is 11. The zero-order valence-corrected chi connectivity index (χ0v) is 21.8. The van der Waals surface area contributed by atoms with Crippen molar-refractivity contribution in [2.75, 3.05) is 54.2 Å². The van der Waals surface area contributed by atoms with Crippen molar-refractivity contribution in [1.29, 1.82) is 0 Å². The molecule has 13 heteroatoms. The summed E-state index contributed by atoms with van der Waals surface area (Å²) in [5.74, 6) is 2.11. The topological polar surface area (TPSA) is 55.4 Å². The lowest BCUT2D eigenvalue weighted by molar-refractivity contribution is 0.123. The molecule has 152 valence electrons. The van der Waals surface area contributed by atoms with Gasteiger partial charge in [-0.3, -0.25) is 0 Å². The van der Waals surface area contributed by atoms with Crippen LogP contribution in [0.4, 0.5) is 0 Å². The highest BCUT2D eigenvalue weighted by Gasteiger charge is 2.37. The summed E-state index contributed by atoms with van der Waals surface area (Å²) in [6, 6.07) is 1.70. The van der Waals surface area contributed by atoms with Gasteiger partial charge in [-0.25, -0.2) is 0 Å². The molecule has 0 aromatic heterocycles. The standard InChI is InChI=1S/C12H30O6S5Si2/c1-13-24(14-2,15-3)11-7-9-19-21-23-22-20-10-8-12-25(16-4,17-5)18-6/h7-12H2,1-6H3. The second kappa shape index (κ2) is 16.9. The minimum Gasteiger partial charge on any atom is -0.377 e. The van der Waals surface area contributed by atoms with Crippen molar-refractivity contribution in [2.24, 2.45) is 0 Å². The van der Waals surface area contributed by atoms with Crippen LogP contribution in [0.3, 0.4) is 0 Å². The van der Waals surface area contributed by atoms with E-state index in [2.05, 4.69) is 0 Å². The normalized spacial score (nSPS) is 12.7. The maximum atomic E-state index is 5.41. The van der Waals surface area contributed by atoms with Crippen LogP contribution >= 0.6 is 51.1 Å². The smallest absolute Gasteiger partial charge is 0.377 e. The maximum Gasteiger partial charge on any atom is 0.500 e. The lowest BCUT2D eigenvalue weighted by Crippen LogP contribution is -2.42. The van der Waals surface area contributed by atoms with Crippen LogP contribution in [0.5, 0.6) is 0 Å². The van der Waals surface area contributed by atoms with Gasteiger partial charge >= 0.3 is 17.6 Å². The van der Waals surface area contributed by atoms with Crippen molar-refractivity contribution in [1.82, 2.24) is 0 Å². The molecule has 25 heavy (non-hydrogen) atoms. The highest BCUT2D eigenvalue weighted by atomic mass is 33.8. The van der Waals surface area contributed by atoms with E-state index in [4.69, 9.17) is 26.6 Å². The quantitative estimate of drug-likeness (QED) is 0.152. The van der Waals surface area contributed by atoms with E-state index in [1.54, 1.807) is 72.1 Å². The Morgan fingerprint density at radius 3 is 1.12 bits per heavy atom. The van der Waals surface area contributed by atoms with Crippen LogP contribution in [0.25, 0.3) is 0 Å². The SMILES string of the molecule is CO[Si](CCCSSSSSCCC[Si](OC)(OC)OC)(OC)OC. The molecular formula is C12H30O6S5Si2. The highest BCUT2D eigenvalue weighted by Crippen LogP contribution is 2.49. The van der Waals surface area contributed by atoms with Crippen molar-refractivity contribution in [2.45, 2.75) is 24.9 Å². The second-order valence-corrected chi connectivity index (χ2v) is 18.8. The van der Waals surface area contributed by atoms with Gasteiger partial charge in [0.2, 0.25) is 0 Å². The second-order valence-electron chi connectivity index (χ2n) is 4.65. The van der Waals surface area contributed by atoms with E-state index in [1.807, 2.05) is 21.6 Å². The minimum atomic E-state index is -2.40. The summed E-state index contributed by atoms with van der Waals surface area (Å²) in [4.78, 5) is 0. The van der Waals surface area contributed by atoms with Gasteiger partial charge in [-0.2, -0.15) is 0 Å². The maximum absolute atomic E-state index is 5.41. The van der Waals surface area contributed by atoms with E-state index in [0.717, 1.165) is 36.4 Å². The van der Waals surface area contributed by atoms with E-state index in [-0.39, 0.29) is 0 Å². The van der Waals surface area contributed by atoms with Gasteiger partial charge in [0, 0.05) is 66.3 Å². The Morgan fingerprint density at radius 1 is 0.520 bits per heavy atom. The first-order chi connectivity index (χ1) is 12.1. The molecule has 0 rings (SSSR count). The molecule has 0 atom stereocenters. The molecular weight excluding hydrogens is 457 g/mol. The predicted molar refractivity (Wildman–Crippen MR) is 120 cm³/mol. The zero-order chi connectivity index (χ0) is 19.0. The van der Waals surface area contributed by atoms with E-state index in [0.29, 0.717) is 0 Å². The van der Waals surface area contributed by atoms with Gasteiger partial charge < -0.3 is 26.6 Å². The first-order valence-electron chi connectivity index (χ1n) is 7.63. The molecule has 0 N–H and O–H groups in total. The summed E-state index contributed by atoms with van der Waals surface area (Å²) in [6.45, 7) is 0. The summed E-state index contributed by atoms with van der Waals surface area (Å²) in [7, 11) is 14.3. The molecule has 0 heterocycles. The van der Waals surface area contributed by atoms with Crippen molar-refractivity contribution in [3.63, 3.8) is 0 Å². The third-order valence-electron chi connectivity index (χ3n) is 3.44. The Hall–Kier alpha value is 1.94. The van der Waals surface area contributed by atoms with Gasteiger partial charge in [0.05, 0.1) is 0 Å². The Kier molecular flexibility index (Phi) is 18.2. The molecule has 0 aliphatic carbocycles. The molecule has 6 nitrogen and oxygen atoms in total. The van der Waals surface area contributed by atoms with Crippen molar-refractivity contribution in [3.8, 4) is 0 Å². The number of rotatable bonds is 18. The van der Waals surface area contributed by atoms with E-state index >= 15 is 0 Å². The van der Waals surface area contributed by atoms with E-state index in [9.17, 15) is 0 Å². The molecule has 0 unspecified atom stereocenters. The Labute approximate surface area is 173 Å². The molecule has 0 amide bonds. The highest BCUT2D eigenvalue weighted by molar-refractivity contribution is 9.35. The Bertz CT molecular complexity index is 269. The fourth-order valence-electron chi connectivity index (χ4n) is 1.93. The molecule has 0 saturated carbocycles. The molecule has 0 aromatic carbocycles. The van der Waals surface area contributed by atoms with Gasteiger partial charge in [-0.05, 0) is 42.3 Å². The number of hydrogen-bond donors (Lipinski definition) is 0. The van der Waals surface area contributed by atoms with Crippen molar-refractivity contribution < 1.29 is 26.6 Å². The first kappa shape index (κ1) is 26.9. The molecule has 0 saturated heterocycles. The minimum absolute atomic E-state index is 0.848. The van der Waals surface area contributed by atoms with Crippen LogP contribution in [0.15, 0.2) is 0 Å². The molecule has 0 radical (unpaired) electrons. The van der Waals surface area contributed by atoms with Gasteiger partial charge in [0.15, 0.2) is 0 Å². The Morgan fingerprint density at radius 2 is 0.840 bits per heavy atom. The molecule has 0 aromatic rings. The van der Waals surface area contributed by atoms with Gasteiger partial charge in [0.1, 0.15) is 0 Å². The molecule has 0 bridgehead atoms. The van der Waals surface area contributed by atoms with Gasteiger partial charge in [-0.15, -0.1) is 0 Å². The van der Waals surface area contributed by atoms with E-state index in [1.165, 1.54) is 0 Å². The summed E-state index contributed by atoms with van der Waals surface area (Å²) >= 11 is 0. The monoisotopic (exact) mass is 486 g/mol. The summed E-state index contributed by atoms with van der Waals surface area (Å²) in [6.07, 6.45) is 2.05. The largest absolute Gasteiger partial charge is 0.500 e. The fraction of sp³-hybridized carbons (Fsp3) is 1.00. The van der Waals surface area contributed by atoms with Crippen LogP contribution in [-0.4, -0.2) is 71.8 Å². The summed E-state index contributed by atoms with van der Waals surface area (Å²) in [5.41, 5.74) is 0. The van der Waals surface area contributed by atoms with Crippen LogP contribution < -0.4 is 0 Å². The van der Waals surface area contributed by atoms with Crippen LogP contribution in [-0.2, 0) is 26.6 Å². The fourth-order valence-corrected chi connectivity index (χ4v) is 14.8. The molecule has 0 fully saturated rings. The Balaban J connectivity index is 3.54.